The van der Waals surface area contributed by atoms with Gasteiger partial charge in [0.1, 0.15) is 0 Å². The molecular formula is C21H26N4O3. The first-order valence-corrected chi connectivity index (χ1v) is 10.3. The number of ether oxygens (including phenoxy) is 2. The molecule has 1 amide bonds. The molecule has 2 aliphatic carbocycles. The molecule has 0 spiro atoms. The van der Waals surface area contributed by atoms with E-state index in [4.69, 9.17) is 9.47 Å². The lowest BCUT2D eigenvalue weighted by atomic mass is 9.86. The Labute approximate surface area is 164 Å². The van der Waals surface area contributed by atoms with Crippen molar-refractivity contribution in [3.05, 3.63) is 29.6 Å². The highest BCUT2D eigenvalue weighted by molar-refractivity contribution is 5.96. The molecule has 1 fully saturated rings. The Morgan fingerprint density at radius 1 is 1.14 bits per heavy atom. The summed E-state index contributed by atoms with van der Waals surface area (Å²) in [4.78, 5) is 15.8. The number of hydrogen-bond donors (Lipinski definition) is 0. The highest BCUT2D eigenvalue weighted by atomic mass is 16.7. The lowest BCUT2D eigenvalue weighted by molar-refractivity contribution is -0.123. The Balaban J connectivity index is 1.46. The predicted octanol–water partition coefficient (Wildman–Crippen LogP) is 3.01. The fraction of sp³-hybridized carbons (Fsp3) is 0.571. The quantitative estimate of drug-likeness (QED) is 0.816. The van der Waals surface area contributed by atoms with Gasteiger partial charge in [-0.05, 0) is 37.8 Å². The lowest BCUT2D eigenvalue weighted by Gasteiger charge is -2.37. The second-order valence-electron chi connectivity index (χ2n) is 8.08. The summed E-state index contributed by atoms with van der Waals surface area (Å²) in [6.45, 7) is 0.245. The van der Waals surface area contributed by atoms with Gasteiger partial charge in [-0.2, -0.15) is 0 Å². The molecular weight excluding hydrogens is 356 g/mol. The van der Waals surface area contributed by atoms with Crippen LogP contribution in [0, 0.1) is 5.92 Å². The van der Waals surface area contributed by atoms with E-state index in [0.29, 0.717) is 6.42 Å². The molecule has 3 aliphatic rings. The molecule has 1 aromatic heterocycles. The summed E-state index contributed by atoms with van der Waals surface area (Å²) in [7, 11) is 1.91. The van der Waals surface area contributed by atoms with Crippen LogP contribution in [0.3, 0.4) is 0 Å². The summed E-state index contributed by atoms with van der Waals surface area (Å²) in [5.41, 5.74) is 3.06. The van der Waals surface area contributed by atoms with Crippen LogP contribution < -0.4 is 14.4 Å². The average Bonchev–Trinajstić information content (AvgIpc) is 3.35. The van der Waals surface area contributed by atoms with Gasteiger partial charge in [-0.3, -0.25) is 9.48 Å². The monoisotopic (exact) mass is 382 g/mol. The molecule has 5 rings (SSSR count). The van der Waals surface area contributed by atoms with Crippen molar-refractivity contribution in [3.63, 3.8) is 0 Å². The Kier molecular flexibility index (Phi) is 4.45. The van der Waals surface area contributed by atoms with Gasteiger partial charge in [-0.15, -0.1) is 5.10 Å². The molecule has 1 saturated carbocycles. The predicted molar refractivity (Wildman–Crippen MR) is 103 cm³/mol. The summed E-state index contributed by atoms with van der Waals surface area (Å²) >= 11 is 0. The number of nitrogens with zero attached hydrogens (tertiary/aromatic N) is 4. The fourth-order valence-corrected chi connectivity index (χ4v) is 4.81. The Morgan fingerprint density at radius 3 is 2.82 bits per heavy atom. The van der Waals surface area contributed by atoms with Crippen LogP contribution in [0.25, 0.3) is 0 Å². The SMILES string of the molecule is Cn1nnc2c1CC(C(=O)N(c1ccc3c(c1)OCO3)C1CCCCC1)CC2. The summed E-state index contributed by atoms with van der Waals surface area (Å²) in [6.07, 6.45) is 8.10. The van der Waals surface area contributed by atoms with Crippen molar-refractivity contribution in [1.82, 2.24) is 15.0 Å². The second-order valence-corrected chi connectivity index (χ2v) is 8.08. The first kappa shape index (κ1) is 17.5. The summed E-state index contributed by atoms with van der Waals surface area (Å²) in [5.74, 6) is 1.67. The minimum atomic E-state index is -0.0305. The molecule has 1 unspecified atom stereocenters. The van der Waals surface area contributed by atoms with E-state index in [1.54, 1.807) is 0 Å². The van der Waals surface area contributed by atoms with Crippen molar-refractivity contribution in [3.8, 4) is 11.5 Å². The maximum absolute atomic E-state index is 13.7. The van der Waals surface area contributed by atoms with Crippen molar-refractivity contribution in [2.24, 2.45) is 13.0 Å². The molecule has 1 aliphatic heterocycles. The number of carbonyl (C=O) groups excluding carboxylic acids is 1. The second kappa shape index (κ2) is 7.11. The molecule has 148 valence electrons. The Bertz CT molecular complexity index is 888. The van der Waals surface area contributed by atoms with E-state index in [0.717, 1.165) is 54.3 Å². The smallest absolute Gasteiger partial charge is 0.231 e. The first-order valence-electron chi connectivity index (χ1n) is 10.3. The van der Waals surface area contributed by atoms with E-state index in [9.17, 15) is 4.79 Å². The molecule has 1 atom stereocenters. The van der Waals surface area contributed by atoms with Crippen LogP contribution in [0.2, 0.25) is 0 Å². The van der Waals surface area contributed by atoms with E-state index in [1.807, 2.05) is 29.9 Å². The van der Waals surface area contributed by atoms with Gasteiger partial charge >= 0.3 is 0 Å². The van der Waals surface area contributed by atoms with Crippen molar-refractivity contribution >= 4 is 11.6 Å². The van der Waals surface area contributed by atoms with Crippen LogP contribution in [0.1, 0.15) is 49.9 Å². The summed E-state index contributed by atoms with van der Waals surface area (Å²) in [6, 6.07) is 6.15. The van der Waals surface area contributed by atoms with Gasteiger partial charge in [-0.25, -0.2) is 0 Å². The third kappa shape index (κ3) is 3.02. The lowest BCUT2D eigenvalue weighted by Crippen LogP contribution is -2.46. The minimum absolute atomic E-state index is 0.0305. The molecule has 7 nitrogen and oxygen atoms in total. The molecule has 2 heterocycles. The van der Waals surface area contributed by atoms with Gasteiger partial charge in [0.15, 0.2) is 11.5 Å². The van der Waals surface area contributed by atoms with Crippen LogP contribution in [0.5, 0.6) is 11.5 Å². The number of rotatable bonds is 3. The number of anilines is 1. The molecule has 0 bridgehead atoms. The zero-order valence-corrected chi connectivity index (χ0v) is 16.3. The normalized spacial score (nSPS) is 21.4. The largest absolute Gasteiger partial charge is 0.454 e. The van der Waals surface area contributed by atoms with Gasteiger partial charge in [0.25, 0.3) is 0 Å². The van der Waals surface area contributed by atoms with Gasteiger partial charge in [0.2, 0.25) is 12.7 Å². The van der Waals surface area contributed by atoms with Crippen molar-refractivity contribution in [2.45, 2.75) is 57.4 Å². The van der Waals surface area contributed by atoms with Crippen molar-refractivity contribution in [1.29, 1.82) is 0 Å². The van der Waals surface area contributed by atoms with Crippen LogP contribution in [-0.4, -0.2) is 33.7 Å². The van der Waals surface area contributed by atoms with E-state index in [2.05, 4.69) is 15.2 Å². The fourth-order valence-electron chi connectivity index (χ4n) is 4.81. The third-order valence-electron chi connectivity index (χ3n) is 6.35. The zero-order chi connectivity index (χ0) is 19.1. The Hall–Kier alpha value is -2.57. The molecule has 1 aromatic carbocycles. The topological polar surface area (TPSA) is 69.5 Å². The number of benzene rings is 1. The van der Waals surface area contributed by atoms with Crippen LogP contribution in [-0.2, 0) is 24.7 Å². The van der Waals surface area contributed by atoms with E-state index < -0.39 is 0 Å². The van der Waals surface area contributed by atoms with Crippen LogP contribution in [0.15, 0.2) is 18.2 Å². The molecule has 28 heavy (non-hydrogen) atoms. The van der Waals surface area contributed by atoms with Crippen molar-refractivity contribution < 1.29 is 14.3 Å². The maximum Gasteiger partial charge on any atom is 0.231 e. The number of carbonyl (C=O) groups is 1. The number of aromatic nitrogens is 3. The number of amides is 1. The number of fused-ring (bicyclic) bond motifs is 2. The molecule has 0 saturated heterocycles. The highest BCUT2D eigenvalue weighted by Crippen LogP contribution is 2.39. The minimum Gasteiger partial charge on any atom is -0.454 e. The third-order valence-corrected chi connectivity index (χ3v) is 6.35. The van der Waals surface area contributed by atoms with Gasteiger partial charge in [0.05, 0.1) is 11.4 Å². The first-order chi connectivity index (χ1) is 13.7. The number of hydrogen-bond acceptors (Lipinski definition) is 5. The van der Waals surface area contributed by atoms with Crippen LogP contribution in [0.4, 0.5) is 5.69 Å². The molecule has 0 N–H and O–H groups in total. The van der Waals surface area contributed by atoms with E-state index in [-0.39, 0.29) is 24.7 Å². The standard InChI is InChI=1S/C21H26N4O3/c1-24-18-11-14(7-9-17(18)22-23-24)21(26)25(15-5-3-2-4-6-15)16-8-10-19-20(12-16)28-13-27-19/h8,10,12,14-15H,2-7,9,11,13H2,1H3. The maximum atomic E-state index is 13.7. The molecule has 7 heteroatoms. The molecule has 0 radical (unpaired) electrons. The van der Waals surface area contributed by atoms with E-state index in [1.165, 1.54) is 19.3 Å². The summed E-state index contributed by atoms with van der Waals surface area (Å²) < 4.78 is 12.8. The van der Waals surface area contributed by atoms with Gasteiger partial charge in [0, 0.05) is 37.2 Å². The highest BCUT2D eigenvalue weighted by Gasteiger charge is 2.35. The molecule has 2 aromatic rings. The number of aryl methyl sites for hydroxylation is 2. The van der Waals surface area contributed by atoms with Gasteiger partial charge < -0.3 is 14.4 Å². The van der Waals surface area contributed by atoms with Gasteiger partial charge in [-0.1, -0.05) is 24.5 Å². The van der Waals surface area contributed by atoms with E-state index >= 15 is 0 Å². The average molecular weight is 382 g/mol. The van der Waals surface area contributed by atoms with Crippen molar-refractivity contribution in [2.75, 3.05) is 11.7 Å². The van der Waals surface area contributed by atoms with Crippen LogP contribution >= 0.6 is 0 Å². The zero-order valence-electron chi connectivity index (χ0n) is 16.3. The summed E-state index contributed by atoms with van der Waals surface area (Å²) in [5, 5.41) is 8.38. The Morgan fingerprint density at radius 2 is 1.96 bits per heavy atom.